The maximum absolute atomic E-state index is 13.1. The highest BCUT2D eigenvalue weighted by atomic mass is 19.1. The molecule has 1 fully saturated rings. The Morgan fingerprint density at radius 1 is 1.11 bits per heavy atom. The van der Waals surface area contributed by atoms with Crippen LogP contribution < -0.4 is 5.48 Å². The first-order chi connectivity index (χ1) is 13.5. The molecule has 1 heterocycles. The number of halogens is 1. The lowest BCUT2D eigenvalue weighted by Gasteiger charge is -2.44. The number of hydroxylamine groups is 1. The van der Waals surface area contributed by atoms with Gasteiger partial charge in [0.15, 0.2) is 0 Å². The summed E-state index contributed by atoms with van der Waals surface area (Å²) in [5.41, 5.74) is 5.26. The lowest BCUT2D eigenvalue weighted by molar-refractivity contribution is -0.139. The predicted octanol–water partition coefficient (Wildman–Crippen LogP) is 3.24. The van der Waals surface area contributed by atoms with Crippen LogP contribution in [0.25, 0.3) is 0 Å². The number of nitrogens with one attached hydrogen (secondary N) is 1. The number of hydrogen-bond donors (Lipinski definition) is 2. The van der Waals surface area contributed by atoms with Crippen molar-refractivity contribution in [3.8, 4) is 0 Å². The van der Waals surface area contributed by atoms with Crippen LogP contribution in [0, 0.1) is 11.2 Å². The molecule has 0 bridgehead atoms. The third kappa shape index (κ3) is 3.64. The molecule has 4 rings (SSSR count). The number of piperidine rings is 1. The Hall–Kier alpha value is -2.73. The number of fused-ring (bicyclic) bond motifs is 1. The number of carbonyl (C=O) groups excluding carboxylic acids is 2. The van der Waals surface area contributed by atoms with Crippen LogP contribution in [0.3, 0.4) is 0 Å². The second kappa shape index (κ2) is 7.36. The van der Waals surface area contributed by atoms with Gasteiger partial charge in [0.05, 0.1) is 0 Å². The van der Waals surface area contributed by atoms with Crippen molar-refractivity contribution in [3.63, 3.8) is 0 Å². The van der Waals surface area contributed by atoms with E-state index in [1.165, 1.54) is 17.7 Å². The first kappa shape index (κ1) is 18.6. The minimum Gasteiger partial charge on any atom is -0.338 e. The lowest BCUT2D eigenvalue weighted by Crippen LogP contribution is -2.46. The molecule has 146 valence electrons. The summed E-state index contributed by atoms with van der Waals surface area (Å²) in [6.07, 6.45) is 4.02. The molecule has 1 unspecified atom stereocenters. The molecule has 1 spiro atoms. The van der Waals surface area contributed by atoms with E-state index < -0.39 is 5.91 Å². The average molecular weight is 382 g/mol. The van der Waals surface area contributed by atoms with Crippen molar-refractivity contribution in [2.45, 2.75) is 38.6 Å². The summed E-state index contributed by atoms with van der Waals surface area (Å²) >= 11 is 0. The van der Waals surface area contributed by atoms with Gasteiger partial charge < -0.3 is 4.90 Å². The zero-order valence-electron chi connectivity index (χ0n) is 15.6. The van der Waals surface area contributed by atoms with Crippen LogP contribution >= 0.6 is 0 Å². The van der Waals surface area contributed by atoms with E-state index in [1.807, 2.05) is 17.0 Å². The number of likely N-dealkylation sites (tertiary alicyclic amines) is 1. The van der Waals surface area contributed by atoms with E-state index in [0.717, 1.165) is 36.8 Å². The van der Waals surface area contributed by atoms with Gasteiger partial charge in [0.25, 0.3) is 5.91 Å². The fourth-order valence-corrected chi connectivity index (χ4v) is 4.49. The van der Waals surface area contributed by atoms with Crippen molar-refractivity contribution in [1.29, 1.82) is 0 Å². The Morgan fingerprint density at radius 2 is 1.89 bits per heavy atom. The summed E-state index contributed by atoms with van der Waals surface area (Å²) in [7, 11) is 0. The molecular formula is C22H23FN2O3. The second-order valence-electron chi connectivity index (χ2n) is 7.97. The molecule has 5 nitrogen and oxygen atoms in total. The summed E-state index contributed by atoms with van der Waals surface area (Å²) in [5.74, 6) is -0.668. The van der Waals surface area contributed by atoms with Crippen LogP contribution in [-0.4, -0.2) is 28.5 Å². The monoisotopic (exact) mass is 382 g/mol. The van der Waals surface area contributed by atoms with Gasteiger partial charge in [0.2, 0.25) is 5.91 Å². The molecule has 0 aromatic heterocycles. The normalized spacial score (nSPS) is 21.5. The minimum absolute atomic E-state index is 0.0717. The predicted molar refractivity (Wildman–Crippen MR) is 101 cm³/mol. The number of aryl methyl sites for hydroxylation is 1. The van der Waals surface area contributed by atoms with Crippen LogP contribution in [0.2, 0.25) is 0 Å². The Morgan fingerprint density at radius 3 is 2.61 bits per heavy atom. The van der Waals surface area contributed by atoms with Crippen molar-refractivity contribution in [2.24, 2.45) is 5.41 Å². The average Bonchev–Trinajstić information content (AvgIpc) is 2.70. The van der Waals surface area contributed by atoms with Gasteiger partial charge in [-0.1, -0.05) is 18.2 Å². The highest BCUT2D eigenvalue weighted by Gasteiger charge is 2.41. The molecule has 1 aliphatic heterocycles. The summed E-state index contributed by atoms with van der Waals surface area (Å²) in [5, 5.41) is 8.86. The molecular weight excluding hydrogens is 359 g/mol. The number of benzene rings is 2. The molecule has 28 heavy (non-hydrogen) atoms. The lowest BCUT2D eigenvalue weighted by atomic mass is 9.66. The molecule has 2 amide bonds. The number of nitrogens with zero attached hydrogens (tertiary/aromatic N) is 1. The zero-order valence-corrected chi connectivity index (χ0v) is 15.6. The maximum atomic E-state index is 13.1. The molecule has 2 aromatic carbocycles. The fourth-order valence-electron chi connectivity index (χ4n) is 4.49. The Labute approximate surface area is 163 Å². The van der Waals surface area contributed by atoms with E-state index in [0.29, 0.717) is 25.1 Å². The van der Waals surface area contributed by atoms with Gasteiger partial charge in [-0.3, -0.25) is 14.8 Å². The van der Waals surface area contributed by atoms with Gasteiger partial charge in [-0.2, -0.15) is 0 Å². The molecule has 1 atom stereocenters. The summed E-state index contributed by atoms with van der Waals surface area (Å²) in [6, 6.07) is 11.8. The third-order valence-electron chi connectivity index (χ3n) is 6.14. The van der Waals surface area contributed by atoms with Crippen LogP contribution in [0.15, 0.2) is 42.5 Å². The number of amides is 2. The largest absolute Gasteiger partial charge is 0.338 e. The standard InChI is InChI=1S/C22H23FN2O3/c23-19-5-1-15(2-6-19)14-25-10-9-22(13-20(25)26)8-7-16-3-4-17(21(27)24-28)11-18(16)12-22/h1-6,11,28H,7-10,12-14H2,(H,24,27). The number of rotatable bonds is 3. The first-order valence-electron chi connectivity index (χ1n) is 9.56. The Bertz CT molecular complexity index is 912. The summed E-state index contributed by atoms with van der Waals surface area (Å²) in [4.78, 5) is 26.4. The minimum atomic E-state index is -0.521. The fraction of sp³-hybridized carbons (Fsp3) is 0.364. The van der Waals surface area contributed by atoms with Crippen molar-refractivity contribution in [2.75, 3.05) is 6.54 Å². The molecule has 2 aliphatic rings. The van der Waals surface area contributed by atoms with Gasteiger partial charge >= 0.3 is 0 Å². The van der Waals surface area contributed by atoms with Crippen LogP contribution in [0.5, 0.6) is 0 Å². The summed E-state index contributed by atoms with van der Waals surface area (Å²) in [6.45, 7) is 1.19. The smallest absolute Gasteiger partial charge is 0.274 e. The molecule has 0 radical (unpaired) electrons. The highest BCUT2D eigenvalue weighted by Crippen LogP contribution is 2.44. The molecule has 6 heteroatoms. The van der Waals surface area contributed by atoms with E-state index in [9.17, 15) is 14.0 Å². The van der Waals surface area contributed by atoms with Crippen LogP contribution in [0.1, 0.15) is 46.3 Å². The summed E-state index contributed by atoms with van der Waals surface area (Å²) < 4.78 is 13.1. The molecule has 0 saturated carbocycles. The van der Waals surface area contributed by atoms with Gasteiger partial charge in [-0.05, 0) is 72.1 Å². The zero-order chi connectivity index (χ0) is 19.7. The van der Waals surface area contributed by atoms with Crippen LogP contribution in [0.4, 0.5) is 4.39 Å². The van der Waals surface area contributed by atoms with Gasteiger partial charge in [0, 0.05) is 25.1 Å². The maximum Gasteiger partial charge on any atom is 0.274 e. The van der Waals surface area contributed by atoms with Gasteiger partial charge in [0.1, 0.15) is 5.82 Å². The second-order valence-corrected chi connectivity index (χ2v) is 7.97. The van der Waals surface area contributed by atoms with Crippen molar-refractivity contribution < 1.29 is 19.2 Å². The molecule has 1 aliphatic carbocycles. The number of hydrogen-bond acceptors (Lipinski definition) is 3. The van der Waals surface area contributed by atoms with E-state index in [4.69, 9.17) is 5.21 Å². The topological polar surface area (TPSA) is 69.6 Å². The highest BCUT2D eigenvalue weighted by molar-refractivity contribution is 5.93. The Kier molecular flexibility index (Phi) is 4.89. The van der Waals surface area contributed by atoms with E-state index in [2.05, 4.69) is 0 Å². The third-order valence-corrected chi connectivity index (χ3v) is 6.14. The van der Waals surface area contributed by atoms with Crippen molar-refractivity contribution in [1.82, 2.24) is 10.4 Å². The Balaban J connectivity index is 1.47. The van der Waals surface area contributed by atoms with Crippen LogP contribution in [-0.2, 0) is 24.2 Å². The van der Waals surface area contributed by atoms with Crippen molar-refractivity contribution in [3.05, 3.63) is 70.5 Å². The van der Waals surface area contributed by atoms with Crippen molar-refractivity contribution >= 4 is 11.8 Å². The first-order valence-corrected chi connectivity index (χ1v) is 9.56. The van der Waals surface area contributed by atoms with E-state index >= 15 is 0 Å². The molecule has 2 aromatic rings. The molecule has 1 saturated heterocycles. The molecule has 2 N–H and O–H groups in total. The number of carbonyl (C=O) groups is 2. The quantitative estimate of drug-likeness (QED) is 0.632. The van der Waals surface area contributed by atoms with Gasteiger partial charge in [-0.15, -0.1) is 0 Å². The SMILES string of the molecule is O=C(NO)c1ccc2c(c1)CC1(CC2)CCN(Cc2ccc(F)cc2)C(=O)C1. The van der Waals surface area contributed by atoms with E-state index in [-0.39, 0.29) is 17.1 Å². The van der Waals surface area contributed by atoms with Gasteiger partial charge in [-0.25, -0.2) is 9.87 Å². The van der Waals surface area contributed by atoms with E-state index in [1.54, 1.807) is 23.7 Å².